The van der Waals surface area contributed by atoms with Crippen LogP contribution in [0, 0.1) is 40.4 Å². The van der Waals surface area contributed by atoms with Gasteiger partial charge in [0.2, 0.25) is 0 Å². The molecule has 0 radical (unpaired) electrons. The summed E-state index contributed by atoms with van der Waals surface area (Å²) >= 11 is 0. The molecule has 4 aliphatic rings. The van der Waals surface area contributed by atoms with Crippen LogP contribution >= 0.6 is 0 Å². The van der Waals surface area contributed by atoms with Crippen LogP contribution in [0.4, 0.5) is 0 Å². The van der Waals surface area contributed by atoms with Gasteiger partial charge in [0.1, 0.15) is 5.78 Å². The van der Waals surface area contributed by atoms with Crippen molar-refractivity contribution in [2.75, 3.05) is 0 Å². The van der Waals surface area contributed by atoms with Gasteiger partial charge in [-0.25, -0.2) is 0 Å². The summed E-state index contributed by atoms with van der Waals surface area (Å²) in [4.78, 5) is 11.9. The summed E-state index contributed by atoms with van der Waals surface area (Å²) in [5, 5.41) is 0. The van der Waals surface area contributed by atoms with Gasteiger partial charge in [0, 0.05) is 12.8 Å². The van der Waals surface area contributed by atoms with E-state index < -0.39 is 0 Å². The lowest BCUT2D eigenvalue weighted by atomic mass is 9.45. The third kappa shape index (κ3) is 1.86. The van der Waals surface area contributed by atoms with E-state index in [2.05, 4.69) is 26.5 Å². The lowest BCUT2D eigenvalue weighted by molar-refractivity contribution is -0.138. The molecule has 0 aromatic heterocycles. The molecule has 1 nitrogen and oxygen atoms in total. The molecule has 0 aliphatic heterocycles. The Bertz CT molecular complexity index is 494. The highest BCUT2D eigenvalue weighted by molar-refractivity contribution is 5.79. The van der Waals surface area contributed by atoms with E-state index in [4.69, 9.17) is 0 Å². The van der Waals surface area contributed by atoms with Crippen LogP contribution in [0.1, 0.15) is 71.6 Å². The smallest absolute Gasteiger partial charge is 0.133 e. The van der Waals surface area contributed by atoms with Gasteiger partial charge in [0.15, 0.2) is 0 Å². The van der Waals surface area contributed by atoms with E-state index in [1.54, 1.807) is 0 Å². The fourth-order valence-corrected chi connectivity index (χ4v) is 7.47. The Kier molecular flexibility index (Phi) is 3.37. The largest absolute Gasteiger partial charge is 0.300 e. The molecule has 4 rings (SSSR count). The second kappa shape index (κ2) is 4.95. The van der Waals surface area contributed by atoms with Gasteiger partial charge in [0.25, 0.3) is 0 Å². The number of hydrogen-bond acceptors (Lipinski definition) is 1. The molecule has 0 aromatic carbocycles. The van der Waals surface area contributed by atoms with E-state index in [1.165, 1.54) is 44.9 Å². The number of fused-ring (bicyclic) bond motifs is 5. The summed E-state index contributed by atoms with van der Waals surface area (Å²) in [5.41, 5.74) is 0.987. The van der Waals surface area contributed by atoms with Gasteiger partial charge in [-0.15, -0.1) is 6.58 Å². The number of carbonyl (C=O) groups is 1. The van der Waals surface area contributed by atoms with Gasteiger partial charge >= 0.3 is 0 Å². The maximum atomic E-state index is 11.9. The Hall–Kier alpha value is -0.590. The summed E-state index contributed by atoms with van der Waals surface area (Å²) in [6.45, 7) is 9.24. The molecule has 0 spiro atoms. The lowest BCUT2D eigenvalue weighted by Gasteiger charge is -2.60. The van der Waals surface area contributed by atoms with Crippen LogP contribution in [0.5, 0.6) is 0 Å². The number of carbonyl (C=O) groups excluding carboxylic acids is 1. The third-order valence-corrected chi connectivity index (χ3v) is 8.84. The average molecular weight is 300 g/mol. The molecule has 4 fully saturated rings. The first-order valence-corrected chi connectivity index (χ1v) is 9.63. The highest BCUT2D eigenvalue weighted by atomic mass is 16.1. The summed E-state index contributed by atoms with van der Waals surface area (Å²) in [7, 11) is 0. The van der Waals surface area contributed by atoms with Crippen molar-refractivity contribution in [2.24, 2.45) is 40.4 Å². The Morgan fingerprint density at radius 3 is 2.55 bits per heavy atom. The summed E-state index contributed by atoms with van der Waals surface area (Å²) < 4.78 is 0. The molecular formula is C21H32O. The van der Waals surface area contributed by atoms with Crippen LogP contribution in [0.3, 0.4) is 0 Å². The Balaban J connectivity index is 1.63. The first-order valence-electron chi connectivity index (χ1n) is 9.63. The van der Waals surface area contributed by atoms with Crippen molar-refractivity contribution in [1.82, 2.24) is 0 Å². The topological polar surface area (TPSA) is 17.1 Å². The van der Waals surface area contributed by atoms with Crippen molar-refractivity contribution in [3.05, 3.63) is 12.7 Å². The van der Waals surface area contributed by atoms with Crippen LogP contribution in [0.2, 0.25) is 0 Å². The van der Waals surface area contributed by atoms with Crippen LogP contribution in [0.25, 0.3) is 0 Å². The monoisotopic (exact) mass is 300 g/mol. The highest BCUT2D eigenvalue weighted by Crippen LogP contribution is 2.67. The van der Waals surface area contributed by atoms with E-state index >= 15 is 0 Å². The third-order valence-electron chi connectivity index (χ3n) is 8.84. The van der Waals surface area contributed by atoms with E-state index in [0.717, 1.165) is 36.5 Å². The Morgan fingerprint density at radius 2 is 1.77 bits per heavy atom. The molecule has 122 valence electrons. The van der Waals surface area contributed by atoms with Gasteiger partial charge < -0.3 is 0 Å². The Labute approximate surface area is 135 Å². The van der Waals surface area contributed by atoms with Crippen molar-refractivity contribution >= 4 is 5.78 Å². The first kappa shape index (κ1) is 15.0. The lowest BCUT2D eigenvalue weighted by Crippen LogP contribution is -2.53. The second-order valence-electron chi connectivity index (χ2n) is 9.36. The highest BCUT2D eigenvalue weighted by Gasteiger charge is 2.59. The number of allylic oxidation sites excluding steroid dienone is 1. The zero-order valence-electron chi connectivity index (χ0n) is 14.4. The SMILES string of the molecule is C=C[C@H]1CCC2C3CC[C@@H]4CC(=O)CC[C@]4(C)C3CC[C@@]21C. The average Bonchev–Trinajstić information content (AvgIpc) is 2.84. The van der Waals surface area contributed by atoms with Gasteiger partial charge in [-0.3, -0.25) is 4.79 Å². The minimum absolute atomic E-state index is 0.463. The van der Waals surface area contributed by atoms with Gasteiger partial charge in [0.05, 0.1) is 0 Å². The molecular weight excluding hydrogens is 268 g/mol. The summed E-state index contributed by atoms with van der Waals surface area (Å²) in [5.74, 6) is 4.71. The molecule has 22 heavy (non-hydrogen) atoms. The molecule has 0 heterocycles. The minimum Gasteiger partial charge on any atom is -0.300 e. The van der Waals surface area contributed by atoms with E-state index in [1.807, 2.05) is 0 Å². The van der Waals surface area contributed by atoms with E-state index in [9.17, 15) is 4.79 Å². The number of hydrogen-bond donors (Lipinski definition) is 0. The number of rotatable bonds is 1. The van der Waals surface area contributed by atoms with E-state index in [0.29, 0.717) is 22.5 Å². The summed E-state index contributed by atoms with van der Waals surface area (Å²) in [6.07, 6.45) is 13.5. The molecule has 0 N–H and O–H groups in total. The molecule has 3 unspecified atom stereocenters. The van der Waals surface area contributed by atoms with Crippen molar-refractivity contribution < 1.29 is 4.79 Å². The fourth-order valence-electron chi connectivity index (χ4n) is 7.47. The standard InChI is InChI=1S/C21H32O/c1-4-14-6-8-18-17-7-5-15-13-16(22)9-11-21(15,3)19(17)10-12-20(14,18)2/h4,14-15,17-19H,1,5-13H2,2-3H3/t14-,15+,17?,18?,19?,20+,21-/m0/s1. The zero-order valence-corrected chi connectivity index (χ0v) is 14.4. The normalized spacial score (nSPS) is 54.3. The molecule has 4 aliphatic carbocycles. The van der Waals surface area contributed by atoms with Gasteiger partial charge in [-0.05, 0) is 85.4 Å². The minimum atomic E-state index is 0.463. The van der Waals surface area contributed by atoms with Gasteiger partial charge in [-0.1, -0.05) is 19.9 Å². The number of Topliss-reactive ketones (excluding diaryl/α,β-unsaturated/α-hetero) is 1. The quantitative estimate of drug-likeness (QED) is 0.592. The first-order chi connectivity index (χ1) is 10.5. The van der Waals surface area contributed by atoms with Crippen LogP contribution in [0.15, 0.2) is 12.7 Å². The number of ketones is 1. The van der Waals surface area contributed by atoms with Crippen LogP contribution in [-0.2, 0) is 4.79 Å². The van der Waals surface area contributed by atoms with E-state index in [-0.39, 0.29) is 0 Å². The van der Waals surface area contributed by atoms with Crippen molar-refractivity contribution in [1.29, 1.82) is 0 Å². The molecule has 1 heteroatoms. The molecule has 0 bridgehead atoms. The molecule has 7 atom stereocenters. The molecule has 0 saturated heterocycles. The molecule has 4 saturated carbocycles. The zero-order chi connectivity index (χ0) is 15.5. The maximum absolute atomic E-state index is 11.9. The predicted octanol–water partition coefficient (Wildman–Crippen LogP) is 5.40. The van der Waals surface area contributed by atoms with Crippen LogP contribution in [-0.4, -0.2) is 5.78 Å². The second-order valence-corrected chi connectivity index (χ2v) is 9.36. The van der Waals surface area contributed by atoms with Crippen molar-refractivity contribution in [3.8, 4) is 0 Å². The maximum Gasteiger partial charge on any atom is 0.133 e. The fraction of sp³-hybridized carbons (Fsp3) is 0.857. The van der Waals surface area contributed by atoms with Crippen molar-refractivity contribution in [2.45, 2.75) is 71.6 Å². The van der Waals surface area contributed by atoms with Crippen LogP contribution < -0.4 is 0 Å². The van der Waals surface area contributed by atoms with Gasteiger partial charge in [-0.2, -0.15) is 0 Å². The Morgan fingerprint density at radius 1 is 1.00 bits per heavy atom. The summed E-state index contributed by atoms with van der Waals surface area (Å²) in [6, 6.07) is 0. The predicted molar refractivity (Wildman–Crippen MR) is 90.4 cm³/mol. The molecule has 0 amide bonds. The van der Waals surface area contributed by atoms with Crippen molar-refractivity contribution in [3.63, 3.8) is 0 Å². The molecule has 0 aromatic rings.